The summed E-state index contributed by atoms with van der Waals surface area (Å²) in [6, 6.07) is 9.65. The SMILES string of the molecule is CC1CCCN(C(=O)c2cncc(C(=O)N3CCc4ccccc43)c2)C1. The lowest BCUT2D eigenvalue weighted by Crippen LogP contribution is -2.39. The first-order chi connectivity index (χ1) is 12.6. The van der Waals surface area contributed by atoms with Crippen molar-refractivity contribution in [2.75, 3.05) is 24.5 Å². The number of aromatic nitrogens is 1. The van der Waals surface area contributed by atoms with Gasteiger partial charge in [-0.3, -0.25) is 14.6 Å². The highest BCUT2D eigenvalue weighted by Crippen LogP contribution is 2.29. The Bertz CT molecular complexity index is 849. The average Bonchev–Trinajstić information content (AvgIpc) is 3.11. The number of para-hydroxylation sites is 1. The van der Waals surface area contributed by atoms with Crippen molar-refractivity contribution in [1.82, 2.24) is 9.88 Å². The van der Waals surface area contributed by atoms with E-state index in [0.717, 1.165) is 38.0 Å². The Morgan fingerprint density at radius 2 is 1.85 bits per heavy atom. The lowest BCUT2D eigenvalue weighted by molar-refractivity contribution is 0.0682. The van der Waals surface area contributed by atoms with E-state index in [-0.39, 0.29) is 11.8 Å². The number of pyridine rings is 1. The Morgan fingerprint density at radius 3 is 2.65 bits per heavy atom. The molecular formula is C21H23N3O2. The first-order valence-corrected chi connectivity index (χ1v) is 9.27. The Hall–Kier alpha value is -2.69. The predicted octanol–water partition coefficient (Wildman–Crippen LogP) is 3.16. The smallest absolute Gasteiger partial charge is 0.259 e. The minimum atomic E-state index is -0.0934. The molecule has 1 unspecified atom stereocenters. The Kier molecular flexibility index (Phi) is 4.45. The van der Waals surface area contributed by atoms with Crippen LogP contribution < -0.4 is 4.90 Å². The van der Waals surface area contributed by atoms with Crippen LogP contribution in [0.1, 0.15) is 46.0 Å². The van der Waals surface area contributed by atoms with Crippen molar-refractivity contribution in [3.05, 3.63) is 59.4 Å². The van der Waals surface area contributed by atoms with E-state index in [9.17, 15) is 9.59 Å². The minimum absolute atomic E-state index is 0.0273. The molecule has 2 aromatic rings. The molecule has 1 saturated heterocycles. The lowest BCUT2D eigenvalue weighted by atomic mass is 9.99. The zero-order valence-electron chi connectivity index (χ0n) is 15.0. The largest absolute Gasteiger partial charge is 0.338 e. The fourth-order valence-electron chi connectivity index (χ4n) is 3.94. The van der Waals surface area contributed by atoms with Crippen molar-refractivity contribution in [2.45, 2.75) is 26.2 Å². The third-order valence-corrected chi connectivity index (χ3v) is 5.31. The summed E-state index contributed by atoms with van der Waals surface area (Å²) in [6.07, 6.45) is 6.17. The van der Waals surface area contributed by atoms with Crippen LogP contribution in [-0.4, -0.2) is 41.3 Å². The van der Waals surface area contributed by atoms with Crippen molar-refractivity contribution in [3.63, 3.8) is 0 Å². The maximum Gasteiger partial charge on any atom is 0.259 e. The number of rotatable bonds is 2. The molecule has 2 aliphatic rings. The normalized spacial score (nSPS) is 19.3. The van der Waals surface area contributed by atoms with Gasteiger partial charge in [0, 0.05) is 37.7 Å². The van der Waals surface area contributed by atoms with E-state index >= 15 is 0 Å². The molecule has 2 aliphatic heterocycles. The van der Waals surface area contributed by atoms with Gasteiger partial charge >= 0.3 is 0 Å². The van der Waals surface area contributed by atoms with Crippen LogP contribution in [0, 0.1) is 5.92 Å². The number of hydrogen-bond donors (Lipinski definition) is 0. The van der Waals surface area contributed by atoms with Crippen molar-refractivity contribution < 1.29 is 9.59 Å². The first kappa shape index (κ1) is 16.8. The second-order valence-corrected chi connectivity index (χ2v) is 7.30. The maximum absolute atomic E-state index is 13.0. The van der Waals surface area contributed by atoms with Crippen LogP contribution in [0.25, 0.3) is 0 Å². The topological polar surface area (TPSA) is 53.5 Å². The number of nitrogens with zero attached hydrogens (tertiary/aromatic N) is 3. The van der Waals surface area contributed by atoms with Gasteiger partial charge in [0.25, 0.3) is 11.8 Å². The molecule has 0 radical (unpaired) electrons. The monoisotopic (exact) mass is 349 g/mol. The molecule has 5 nitrogen and oxygen atoms in total. The zero-order valence-corrected chi connectivity index (χ0v) is 15.0. The summed E-state index contributed by atoms with van der Waals surface area (Å²) in [6.45, 7) is 4.39. The average molecular weight is 349 g/mol. The van der Waals surface area contributed by atoms with Crippen LogP contribution in [0.15, 0.2) is 42.7 Å². The molecule has 0 N–H and O–H groups in total. The molecule has 5 heteroatoms. The highest BCUT2D eigenvalue weighted by atomic mass is 16.2. The summed E-state index contributed by atoms with van der Waals surface area (Å²) in [5.41, 5.74) is 3.11. The second kappa shape index (κ2) is 6.90. The second-order valence-electron chi connectivity index (χ2n) is 7.30. The number of amides is 2. The molecule has 2 amide bonds. The summed E-state index contributed by atoms with van der Waals surface area (Å²) >= 11 is 0. The number of hydrogen-bond acceptors (Lipinski definition) is 3. The third kappa shape index (κ3) is 3.09. The van der Waals surface area contributed by atoms with Gasteiger partial charge in [0.2, 0.25) is 0 Å². The highest BCUT2D eigenvalue weighted by Gasteiger charge is 2.27. The molecule has 26 heavy (non-hydrogen) atoms. The number of likely N-dealkylation sites (tertiary alicyclic amines) is 1. The van der Waals surface area contributed by atoms with Crippen molar-refractivity contribution in [1.29, 1.82) is 0 Å². The first-order valence-electron chi connectivity index (χ1n) is 9.27. The van der Waals surface area contributed by atoms with E-state index in [0.29, 0.717) is 23.6 Å². The van der Waals surface area contributed by atoms with Gasteiger partial charge < -0.3 is 9.80 Å². The van der Waals surface area contributed by atoms with Gasteiger partial charge in [-0.05, 0) is 42.9 Å². The molecule has 0 spiro atoms. The van der Waals surface area contributed by atoms with Crippen LogP contribution in [0.2, 0.25) is 0 Å². The van der Waals surface area contributed by atoms with Crippen molar-refractivity contribution in [3.8, 4) is 0 Å². The molecule has 1 aromatic heterocycles. The molecule has 1 fully saturated rings. The minimum Gasteiger partial charge on any atom is -0.338 e. The van der Waals surface area contributed by atoms with E-state index in [1.54, 1.807) is 23.4 Å². The molecule has 3 heterocycles. The van der Waals surface area contributed by atoms with Gasteiger partial charge in [-0.25, -0.2) is 0 Å². The molecule has 0 saturated carbocycles. The van der Waals surface area contributed by atoms with Gasteiger partial charge in [0.1, 0.15) is 0 Å². The van der Waals surface area contributed by atoms with E-state index in [4.69, 9.17) is 0 Å². The Balaban J connectivity index is 1.56. The standard InChI is InChI=1S/C21H23N3O2/c1-15-5-4-9-23(14-15)20(25)17-11-18(13-22-12-17)21(26)24-10-8-16-6-2-3-7-19(16)24/h2-3,6-7,11-13,15H,4-5,8-10,14H2,1H3. The molecule has 4 rings (SSSR count). The van der Waals surface area contributed by atoms with Crippen molar-refractivity contribution in [2.24, 2.45) is 5.92 Å². The quantitative estimate of drug-likeness (QED) is 0.837. The number of anilines is 1. The van der Waals surface area contributed by atoms with Gasteiger partial charge in [0.05, 0.1) is 11.1 Å². The number of carbonyl (C=O) groups is 2. The fraction of sp³-hybridized carbons (Fsp3) is 0.381. The third-order valence-electron chi connectivity index (χ3n) is 5.31. The molecule has 1 atom stereocenters. The predicted molar refractivity (Wildman–Crippen MR) is 100 cm³/mol. The van der Waals surface area contributed by atoms with Crippen LogP contribution in [-0.2, 0) is 6.42 Å². The summed E-state index contributed by atoms with van der Waals surface area (Å²) in [4.78, 5) is 33.6. The van der Waals surface area contributed by atoms with Gasteiger partial charge in [-0.2, -0.15) is 0 Å². The Labute approximate surface area is 153 Å². The van der Waals surface area contributed by atoms with Crippen LogP contribution in [0.3, 0.4) is 0 Å². The highest BCUT2D eigenvalue weighted by molar-refractivity contribution is 6.08. The summed E-state index contributed by atoms with van der Waals surface area (Å²) < 4.78 is 0. The van der Waals surface area contributed by atoms with Gasteiger partial charge in [-0.1, -0.05) is 25.1 Å². The van der Waals surface area contributed by atoms with Crippen LogP contribution >= 0.6 is 0 Å². The van der Waals surface area contributed by atoms with Gasteiger partial charge in [-0.15, -0.1) is 0 Å². The number of fused-ring (bicyclic) bond motifs is 1. The molecular weight excluding hydrogens is 326 g/mol. The summed E-state index contributed by atoms with van der Waals surface area (Å²) in [5.74, 6) is 0.399. The maximum atomic E-state index is 13.0. The van der Waals surface area contributed by atoms with E-state index < -0.39 is 0 Å². The lowest BCUT2D eigenvalue weighted by Gasteiger charge is -2.31. The molecule has 0 aliphatic carbocycles. The van der Waals surface area contributed by atoms with E-state index in [1.807, 2.05) is 23.1 Å². The van der Waals surface area contributed by atoms with E-state index in [2.05, 4.69) is 18.0 Å². The van der Waals surface area contributed by atoms with E-state index in [1.165, 1.54) is 5.56 Å². The number of benzene rings is 1. The zero-order chi connectivity index (χ0) is 18.1. The number of piperidine rings is 1. The fourth-order valence-corrected chi connectivity index (χ4v) is 3.94. The number of carbonyl (C=O) groups excluding carboxylic acids is 2. The van der Waals surface area contributed by atoms with Crippen LogP contribution in [0.4, 0.5) is 5.69 Å². The Morgan fingerprint density at radius 1 is 1.08 bits per heavy atom. The molecule has 0 bridgehead atoms. The summed E-state index contributed by atoms with van der Waals surface area (Å²) in [5, 5.41) is 0. The van der Waals surface area contributed by atoms with Crippen LogP contribution in [0.5, 0.6) is 0 Å². The van der Waals surface area contributed by atoms with Gasteiger partial charge in [0.15, 0.2) is 0 Å². The molecule has 134 valence electrons. The van der Waals surface area contributed by atoms with Crippen molar-refractivity contribution >= 4 is 17.5 Å². The molecule has 1 aromatic carbocycles. The summed E-state index contributed by atoms with van der Waals surface area (Å²) in [7, 11) is 0.